The first-order valence-corrected chi connectivity index (χ1v) is 3.69. The van der Waals surface area contributed by atoms with Crippen molar-refractivity contribution in [2.24, 2.45) is 0 Å². The second-order valence-corrected chi connectivity index (χ2v) is 1.65. The highest BCUT2D eigenvalue weighted by Gasteiger charge is 2.04. The van der Waals surface area contributed by atoms with E-state index in [1.807, 2.05) is 20.8 Å². The Morgan fingerprint density at radius 1 is 0.800 bits per heavy atom. The van der Waals surface area contributed by atoms with E-state index >= 15 is 0 Å². The van der Waals surface area contributed by atoms with Crippen LogP contribution >= 0.6 is 0 Å². The van der Waals surface area contributed by atoms with E-state index in [-0.39, 0.29) is 0 Å². The second kappa shape index (κ2) is 6.99. The van der Waals surface area contributed by atoms with Crippen LogP contribution in [0.15, 0.2) is 0 Å². The zero-order valence-corrected chi connectivity index (χ0v) is 6.92. The monoisotopic (exact) mass is 149 g/mol. The number of rotatable bonds is 6. The lowest BCUT2D eigenvalue weighted by molar-refractivity contribution is -0.282. The fourth-order valence-electron chi connectivity index (χ4n) is 0.553. The summed E-state index contributed by atoms with van der Waals surface area (Å²) in [4.78, 5) is 0. The standard InChI is InChI=1S/C7H16O3/c1-4-8-7(9-5-2)10-6-3/h7H,4-6H2,1-3H3/i7+1. The number of hydrogen-bond acceptors (Lipinski definition) is 3. The highest BCUT2D eigenvalue weighted by Crippen LogP contribution is 1.95. The van der Waals surface area contributed by atoms with Crippen molar-refractivity contribution >= 4 is 0 Å². The van der Waals surface area contributed by atoms with Crippen LogP contribution < -0.4 is 0 Å². The molecule has 0 saturated heterocycles. The minimum absolute atomic E-state index is 0.472. The largest absolute Gasteiger partial charge is 0.330 e. The van der Waals surface area contributed by atoms with Gasteiger partial charge in [0.05, 0.1) is 0 Å². The maximum absolute atomic E-state index is 5.08. The molecule has 0 aromatic carbocycles. The van der Waals surface area contributed by atoms with Crippen molar-refractivity contribution in [3.05, 3.63) is 0 Å². The summed E-state index contributed by atoms with van der Waals surface area (Å²) < 4.78 is 15.2. The lowest BCUT2D eigenvalue weighted by Crippen LogP contribution is -2.20. The van der Waals surface area contributed by atoms with Gasteiger partial charge in [0.25, 0.3) is 6.48 Å². The molecule has 0 spiro atoms. The van der Waals surface area contributed by atoms with Gasteiger partial charge < -0.3 is 14.2 Å². The van der Waals surface area contributed by atoms with Crippen LogP contribution in [0, 0.1) is 0 Å². The maximum atomic E-state index is 5.08. The molecule has 0 heterocycles. The van der Waals surface area contributed by atoms with Crippen molar-refractivity contribution in [3.8, 4) is 0 Å². The van der Waals surface area contributed by atoms with Gasteiger partial charge in [-0.15, -0.1) is 0 Å². The summed E-state index contributed by atoms with van der Waals surface area (Å²) in [5, 5.41) is 0. The summed E-state index contributed by atoms with van der Waals surface area (Å²) in [5.74, 6) is 0. The molecule has 0 aliphatic rings. The third-order valence-corrected chi connectivity index (χ3v) is 0.908. The van der Waals surface area contributed by atoms with Crippen molar-refractivity contribution < 1.29 is 14.2 Å². The summed E-state index contributed by atoms with van der Waals surface area (Å²) in [6, 6.07) is 0. The Kier molecular flexibility index (Phi) is 6.91. The van der Waals surface area contributed by atoms with E-state index in [2.05, 4.69) is 0 Å². The van der Waals surface area contributed by atoms with E-state index in [9.17, 15) is 0 Å². The maximum Gasteiger partial charge on any atom is 0.271 e. The van der Waals surface area contributed by atoms with Gasteiger partial charge in [0.15, 0.2) is 0 Å². The molecular weight excluding hydrogens is 133 g/mol. The number of ether oxygens (including phenoxy) is 3. The van der Waals surface area contributed by atoms with Crippen LogP contribution in [0.25, 0.3) is 0 Å². The average molecular weight is 149 g/mol. The topological polar surface area (TPSA) is 27.7 Å². The first-order chi connectivity index (χ1) is 4.85. The van der Waals surface area contributed by atoms with Gasteiger partial charge in [-0.25, -0.2) is 0 Å². The molecule has 0 bridgehead atoms. The van der Waals surface area contributed by atoms with E-state index < -0.39 is 6.48 Å². The molecule has 0 aliphatic heterocycles. The Labute approximate surface area is 62.3 Å². The molecule has 10 heavy (non-hydrogen) atoms. The Balaban J connectivity index is 3.30. The molecule has 0 radical (unpaired) electrons. The van der Waals surface area contributed by atoms with Gasteiger partial charge in [0.1, 0.15) is 0 Å². The van der Waals surface area contributed by atoms with Gasteiger partial charge in [0, 0.05) is 19.8 Å². The van der Waals surface area contributed by atoms with E-state index in [0.717, 1.165) is 0 Å². The molecule has 0 aliphatic carbocycles. The van der Waals surface area contributed by atoms with Gasteiger partial charge in [-0.1, -0.05) is 0 Å². The van der Waals surface area contributed by atoms with E-state index in [4.69, 9.17) is 14.2 Å². The van der Waals surface area contributed by atoms with Gasteiger partial charge in [-0.3, -0.25) is 0 Å². The molecule has 3 heteroatoms. The van der Waals surface area contributed by atoms with Crippen LogP contribution in [0.4, 0.5) is 0 Å². The van der Waals surface area contributed by atoms with Crippen LogP contribution in [0.2, 0.25) is 0 Å². The predicted octanol–water partition coefficient (Wildman–Crippen LogP) is 1.38. The third-order valence-electron chi connectivity index (χ3n) is 0.908. The summed E-state index contributed by atoms with van der Waals surface area (Å²) >= 11 is 0. The zero-order chi connectivity index (χ0) is 7.82. The molecule has 0 unspecified atom stereocenters. The highest BCUT2D eigenvalue weighted by molar-refractivity contribution is 4.23. The second-order valence-electron chi connectivity index (χ2n) is 1.65. The van der Waals surface area contributed by atoms with Crippen molar-refractivity contribution in [1.29, 1.82) is 0 Å². The van der Waals surface area contributed by atoms with Gasteiger partial charge >= 0.3 is 0 Å². The molecule has 62 valence electrons. The Morgan fingerprint density at radius 3 is 1.30 bits per heavy atom. The summed E-state index contributed by atoms with van der Waals surface area (Å²) in [5.41, 5.74) is 0. The van der Waals surface area contributed by atoms with Crippen molar-refractivity contribution in [3.63, 3.8) is 0 Å². The molecule has 0 aromatic rings. The Hall–Kier alpha value is -0.120. The zero-order valence-electron chi connectivity index (χ0n) is 6.92. The molecule has 0 fully saturated rings. The predicted molar refractivity (Wildman–Crippen MR) is 38.7 cm³/mol. The molecule has 3 nitrogen and oxygen atoms in total. The SMILES string of the molecule is CCO[13CH](OCC)OCC. The molecule has 0 atom stereocenters. The summed E-state index contributed by atoms with van der Waals surface area (Å²) in [6.45, 7) is 7.10. The average Bonchev–Trinajstić information content (AvgIpc) is 1.90. The molecule has 0 rings (SSSR count). The quantitative estimate of drug-likeness (QED) is 0.422. The smallest absolute Gasteiger partial charge is 0.271 e. The fourth-order valence-corrected chi connectivity index (χ4v) is 0.553. The lowest BCUT2D eigenvalue weighted by atomic mass is 10.9. The highest BCUT2D eigenvalue weighted by atomic mass is 17.0. The molecule has 0 aromatic heterocycles. The Morgan fingerprint density at radius 2 is 1.10 bits per heavy atom. The van der Waals surface area contributed by atoms with Crippen molar-refractivity contribution in [2.45, 2.75) is 27.2 Å². The van der Waals surface area contributed by atoms with Crippen molar-refractivity contribution in [2.75, 3.05) is 19.8 Å². The first kappa shape index (κ1) is 9.88. The summed E-state index contributed by atoms with van der Waals surface area (Å²) in [6.07, 6.45) is 0. The van der Waals surface area contributed by atoms with Gasteiger partial charge in [-0.2, -0.15) is 0 Å². The third kappa shape index (κ3) is 4.73. The minimum atomic E-state index is -0.472. The molecule has 0 amide bonds. The van der Waals surface area contributed by atoms with E-state index in [1.54, 1.807) is 0 Å². The fraction of sp³-hybridized carbons (Fsp3) is 1.00. The molecule has 0 N–H and O–H groups in total. The van der Waals surface area contributed by atoms with Gasteiger partial charge in [-0.05, 0) is 20.8 Å². The minimum Gasteiger partial charge on any atom is -0.330 e. The van der Waals surface area contributed by atoms with E-state index in [0.29, 0.717) is 19.8 Å². The Bertz CT molecular complexity index is 51.6. The van der Waals surface area contributed by atoms with Crippen molar-refractivity contribution in [1.82, 2.24) is 0 Å². The summed E-state index contributed by atoms with van der Waals surface area (Å²) in [7, 11) is 0. The molecule has 0 saturated carbocycles. The number of hydrogen-bond donors (Lipinski definition) is 0. The molecular formula is C7H16O3. The first-order valence-electron chi connectivity index (χ1n) is 3.69. The van der Waals surface area contributed by atoms with Crippen LogP contribution in [-0.4, -0.2) is 26.3 Å². The lowest BCUT2D eigenvalue weighted by Gasteiger charge is -2.15. The van der Waals surface area contributed by atoms with Crippen LogP contribution in [-0.2, 0) is 14.2 Å². The van der Waals surface area contributed by atoms with Crippen LogP contribution in [0.5, 0.6) is 0 Å². The normalized spacial score (nSPS) is 10.8. The van der Waals surface area contributed by atoms with Gasteiger partial charge in [0.2, 0.25) is 0 Å². The van der Waals surface area contributed by atoms with Crippen LogP contribution in [0.3, 0.4) is 0 Å². The van der Waals surface area contributed by atoms with Crippen LogP contribution in [0.1, 0.15) is 20.8 Å². The van der Waals surface area contributed by atoms with E-state index in [1.165, 1.54) is 0 Å².